The second-order valence-electron chi connectivity index (χ2n) is 7.97. The summed E-state index contributed by atoms with van der Waals surface area (Å²) in [6.45, 7) is 2.43. The molecule has 1 heteroatoms. The molecule has 1 aromatic carbocycles. The molecule has 0 spiro atoms. The zero-order chi connectivity index (χ0) is 15.4. The molecule has 0 unspecified atom stereocenters. The number of halogens is 1. The molecule has 0 nitrogen and oxygen atoms in total. The maximum absolute atomic E-state index is 5.96. The van der Waals surface area contributed by atoms with Crippen molar-refractivity contribution >= 4 is 11.6 Å². The first-order valence-corrected chi connectivity index (χ1v) is 9.83. The molecule has 0 atom stereocenters. The van der Waals surface area contributed by atoms with E-state index in [1.165, 1.54) is 69.8 Å². The van der Waals surface area contributed by atoms with Crippen LogP contribution >= 0.6 is 11.6 Å². The summed E-state index contributed by atoms with van der Waals surface area (Å²) < 4.78 is 0. The molecule has 0 amide bonds. The first-order chi connectivity index (χ1) is 10.7. The molecule has 0 radical (unpaired) electrons. The molecule has 1 aromatic rings. The quantitative estimate of drug-likeness (QED) is 0.566. The molecule has 2 aliphatic rings. The van der Waals surface area contributed by atoms with E-state index in [0.717, 1.165) is 28.7 Å². The predicted octanol–water partition coefficient (Wildman–Crippen LogP) is 6.91. The minimum Gasteiger partial charge on any atom is -0.0843 e. The van der Waals surface area contributed by atoms with Crippen molar-refractivity contribution in [3.05, 3.63) is 34.9 Å². The lowest BCUT2D eigenvalue weighted by molar-refractivity contribution is 0.148. The van der Waals surface area contributed by atoms with Gasteiger partial charge < -0.3 is 0 Å². The van der Waals surface area contributed by atoms with E-state index in [1.54, 1.807) is 0 Å². The summed E-state index contributed by atoms with van der Waals surface area (Å²) in [4.78, 5) is 0. The summed E-state index contributed by atoms with van der Waals surface area (Å²) in [5, 5.41) is 0.853. The van der Waals surface area contributed by atoms with Gasteiger partial charge in [-0.25, -0.2) is 0 Å². The van der Waals surface area contributed by atoms with Crippen molar-refractivity contribution in [1.29, 1.82) is 0 Å². The SMILES string of the molecule is CC1CCC(C2CCC(CCc3ccc(Cl)cc3)CC2)CC1. The van der Waals surface area contributed by atoms with Gasteiger partial charge in [-0.1, -0.05) is 56.3 Å². The van der Waals surface area contributed by atoms with Gasteiger partial charge in [0.05, 0.1) is 0 Å². The van der Waals surface area contributed by atoms with Crippen LogP contribution in [0, 0.1) is 23.7 Å². The standard InChI is InChI=1S/C21H31Cl/c1-16-2-10-19(11-3-16)20-12-6-17(7-13-20)4-5-18-8-14-21(22)15-9-18/h8-9,14-17,19-20H,2-7,10-13H2,1H3. The molecule has 2 saturated carbocycles. The predicted molar refractivity (Wildman–Crippen MR) is 96.3 cm³/mol. The normalized spacial score (nSPS) is 32.8. The average molecular weight is 319 g/mol. The second-order valence-corrected chi connectivity index (χ2v) is 8.40. The van der Waals surface area contributed by atoms with E-state index in [1.807, 2.05) is 12.1 Å². The first kappa shape index (κ1) is 16.4. The van der Waals surface area contributed by atoms with Crippen LogP contribution in [0.15, 0.2) is 24.3 Å². The van der Waals surface area contributed by atoms with Crippen molar-refractivity contribution in [1.82, 2.24) is 0 Å². The summed E-state index contributed by atoms with van der Waals surface area (Å²) in [5.74, 6) is 4.08. The molecule has 0 heterocycles. The Morgan fingerprint density at radius 2 is 1.36 bits per heavy atom. The van der Waals surface area contributed by atoms with E-state index in [4.69, 9.17) is 11.6 Å². The third-order valence-electron chi connectivity index (χ3n) is 6.37. The van der Waals surface area contributed by atoms with Crippen molar-refractivity contribution in [3.8, 4) is 0 Å². The van der Waals surface area contributed by atoms with Gasteiger partial charge in [0, 0.05) is 5.02 Å². The number of aryl methyl sites for hydroxylation is 1. The third-order valence-corrected chi connectivity index (χ3v) is 6.63. The Hall–Kier alpha value is -0.490. The van der Waals surface area contributed by atoms with Crippen molar-refractivity contribution in [2.24, 2.45) is 23.7 Å². The largest absolute Gasteiger partial charge is 0.0843 e. The van der Waals surface area contributed by atoms with Gasteiger partial charge >= 0.3 is 0 Å². The van der Waals surface area contributed by atoms with Crippen LogP contribution in [0.3, 0.4) is 0 Å². The highest BCUT2D eigenvalue weighted by molar-refractivity contribution is 6.30. The van der Waals surface area contributed by atoms with Gasteiger partial charge in [-0.3, -0.25) is 0 Å². The Bertz CT molecular complexity index is 433. The average Bonchev–Trinajstić information content (AvgIpc) is 2.56. The van der Waals surface area contributed by atoms with Crippen molar-refractivity contribution in [2.75, 3.05) is 0 Å². The lowest BCUT2D eigenvalue weighted by atomic mass is 9.69. The minimum atomic E-state index is 0.853. The Morgan fingerprint density at radius 1 is 0.818 bits per heavy atom. The summed E-state index contributed by atoms with van der Waals surface area (Å²) in [5.41, 5.74) is 1.45. The number of hydrogen-bond donors (Lipinski definition) is 0. The number of rotatable bonds is 4. The van der Waals surface area contributed by atoms with Crippen LogP contribution in [0.5, 0.6) is 0 Å². The van der Waals surface area contributed by atoms with E-state index >= 15 is 0 Å². The summed E-state index contributed by atoms with van der Waals surface area (Å²) >= 11 is 5.96. The highest BCUT2D eigenvalue weighted by Crippen LogP contribution is 2.42. The molecule has 3 rings (SSSR count). The van der Waals surface area contributed by atoms with Gasteiger partial charge in [0.25, 0.3) is 0 Å². The van der Waals surface area contributed by atoms with Crippen LogP contribution in [-0.4, -0.2) is 0 Å². The van der Waals surface area contributed by atoms with Crippen LogP contribution in [0.4, 0.5) is 0 Å². The molecule has 2 aliphatic carbocycles. The first-order valence-electron chi connectivity index (χ1n) is 9.45. The minimum absolute atomic E-state index is 0.853. The van der Waals surface area contributed by atoms with E-state index in [-0.39, 0.29) is 0 Å². The lowest BCUT2D eigenvalue weighted by Crippen LogP contribution is -2.25. The van der Waals surface area contributed by atoms with Crippen LogP contribution in [0.1, 0.15) is 70.3 Å². The molecule has 0 aliphatic heterocycles. The van der Waals surface area contributed by atoms with E-state index < -0.39 is 0 Å². The molecule has 122 valence electrons. The molecular weight excluding hydrogens is 288 g/mol. The Kier molecular flexibility index (Phi) is 5.85. The zero-order valence-corrected chi connectivity index (χ0v) is 14.8. The van der Waals surface area contributed by atoms with Crippen LogP contribution in [0.25, 0.3) is 0 Å². The number of hydrogen-bond acceptors (Lipinski definition) is 0. The fourth-order valence-corrected chi connectivity index (χ4v) is 4.85. The van der Waals surface area contributed by atoms with Crippen molar-refractivity contribution in [3.63, 3.8) is 0 Å². The smallest absolute Gasteiger partial charge is 0.0406 e. The van der Waals surface area contributed by atoms with Crippen LogP contribution in [-0.2, 0) is 6.42 Å². The van der Waals surface area contributed by atoms with Gasteiger partial charge in [0.1, 0.15) is 0 Å². The zero-order valence-electron chi connectivity index (χ0n) is 14.1. The summed E-state index contributed by atoms with van der Waals surface area (Å²) in [6, 6.07) is 8.43. The topological polar surface area (TPSA) is 0 Å². The molecule has 0 saturated heterocycles. The molecule has 0 aromatic heterocycles. The van der Waals surface area contributed by atoms with Gasteiger partial charge in [0.15, 0.2) is 0 Å². The summed E-state index contributed by atoms with van der Waals surface area (Å²) in [7, 11) is 0. The maximum atomic E-state index is 5.96. The Balaban J connectivity index is 1.39. The lowest BCUT2D eigenvalue weighted by Gasteiger charge is -2.37. The molecular formula is C21H31Cl. The highest BCUT2D eigenvalue weighted by atomic mass is 35.5. The molecule has 2 fully saturated rings. The van der Waals surface area contributed by atoms with E-state index in [0.29, 0.717) is 0 Å². The van der Waals surface area contributed by atoms with E-state index in [9.17, 15) is 0 Å². The fraction of sp³-hybridized carbons (Fsp3) is 0.714. The monoisotopic (exact) mass is 318 g/mol. The second kappa shape index (κ2) is 7.86. The van der Waals surface area contributed by atoms with Gasteiger partial charge in [-0.2, -0.15) is 0 Å². The van der Waals surface area contributed by atoms with Gasteiger partial charge in [0.2, 0.25) is 0 Å². The van der Waals surface area contributed by atoms with Gasteiger partial charge in [-0.15, -0.1) is 0 Å². The Morgan fingerprint density at radius 3 is 1.95 bits per heavy atom. The third kappa shape index (κ3) is 4.51. The number of benzene rings is 1. The van der Waals surface area contributed by atoms with Crippen molar-refractivity contribution in [2.45, 2.75) is 71.1 Å². The summed E-state index contributed by atoms with van der Waals surface area (Å²) in [6.07, 6.45) is 14.6. The fourth-order valence-electron chi connectivity index (χ4n) is 4.73. The highest BCUT2D eigenvalue weighted by Gasteiger charge is 2.29. The van der Waals surface area contributed by atoms with Crippen LogP contribution < -0.4 is 0 Å². The van der Waals surface area contributed by atoms with Crippen molar-refractivity contribution < 1.29 is 0 Å². The van der Waals surface area contributed by atoms with Crippen LogP contribution in [0.2, 0.25) is 5.02 Å². The maximum Gasteiger partial charge on any atom is 0.0406 e. The van der Waals surface area contributed by atoms with E-state index in [2.05, 4.69) is 19.1 Å². The Labute approximate surface area is 141 Å². The molecule has 22 heavy (non-hydrogen) atoms. The molecule has 0 bridgehead atoms. The molecule has 0 N–H and O–H groups in total. The van der Waals surface area contributed by atoms with Gasteiger partial charge in [-0.05, 0) is 79.9 Å².